The van der Waals surface area contributed by atoms with Crippen LogP contribution >= 0.6 is 0 Å². The van der Waals surface area contributed by atoms with E-state index in [1.54, 1.807) is 6.20 Å². The number of aliphatic carboxylic acids is 2. The highest BCUT2D eigenvalue weighted by molar-refractivity contribution is 5.95. The molecular weight excluding hydrogens is 362 g/mol. The van der Waals surface area contributed by atoms with Gasteiger partial charge in [0.1, 0.15) is 5.69 Å². The van der Waals surface area contributed by atoms with Crippen LogP contribution in [-0.2, 0) is 16.1 Å². The van der Waals surface area contributed by atoms with Gasteiger partial charge in [-0.05, 0) is 17.7 Å². The number of benzene rings is 1. The van der Waals surface area contributed by atoms with Crippen molar-refractivity contribution in [2.24, 2.45) is 5.73 Å². The van der Waals surface area contributed by atoms with Crippen LogP contribution in [0.25, 0.3) is 22.4 Å². The second kappa shape index (κ2) is 9.66. The third-order valence-electron chi connectivity index (χ3n) is 3.61. The Bertz CT molecular complexity index is 1060. The van der Waals surface area contributed by atoms with E-state index in [1.165, 1.54) is 0 Å². The highest BCUT2D eigenvalue weighted by Gasteiger charge is 2.13. The summed E-state index contributed by atoms with van der Waals surface area (Å²) in [6.07, 6.45) is 6.89. The van der Waals surface area contributed by atoms with E-state index in [-0.39, 0.29) is 12.0 Å². The molecule has 8 heteroatoms. The number of pyridine rings is 1. The number of carbonyl (C=O) groups is 2. The lowest BCUT2D eigenvalue weighted by molar-refractivity contribution is -0.135. The maximum Gasteiger partial charge on any atom is 0.332 e. The molecule has 0 saturated heterocycles. The van der Waals surface area contributed by atoms with Gasteiger partial charge in [-0.2, -0.15) is 0 Å². The number of rotatable bonds is 5. The van der Waals surface area contributed by atoms with Crippen molar-refractivity contribution < 1.29 is 24.3 Å². The molecule has 0 spiro atoms. The Morgan fingerprint density at radius 3 is 2.61 bits per heavy atom. The number of nitrogens with zero attached hydrogens (tertiary/aromatic N) is 2. The van der Waals surface area contributed by atoms with Gasteiger partial charge < -0.3 is 20.5 Å². The van der Waals surface area contributed by atoms with Gasteiger partial charge in [-0.25, -0.2) is 14.6 Å². The Morgan fingerprint density at radius 2 is 1.96 bits per heavy atom. The molecule has 0 aliphatic heterocycles. The number of hydrogen-bond donors (Lipinski definition) is 3. The van der Waals surface area contributed by atoms with Crippen molar-refractivity contribution in [1.29, 1.82) is 0 Å². The van der Waals surface area contributed by atoms with Crippen LogP contribution in [-0.4, -0.2) is 32.3 Å². The molecule has 0 aliphatic carbocycles. The van der Waals surface area contributed by atoms with E-state index < -0.39 is 11.9 Å². The Hall–Kier alpha value is -3.96. The standard InChI is InChI=1S/C13H11N3O.C7H6O4/c14-8-9-4-1-2-5-10(9)12-11-6-3-7-15-13(11)17-16-12;1-2-3-5(7(10)11)4-6(8)9/h1-7H,8,14H2;1,4H,3H2,(H,8,9)(H,10,11)/b;5-4-. The molecule has 2 heterocycles. The number of carboxylic acid groups (broad SMARTS) is 2. The topological polar surface area (TPSA) is 140 Å². The molecule has 28 heavy (non-hydrogen) atoms. The second-order valence-corrected chi connectivity index (χ2v) is 5.44. The fraction of sp³-hybridized carbons (Fsp3) is 0.100. The maximum absolute atomic E-state index is 10.2. The lowest BCUT2D eigenvalue weighted by atomic mass is 10.0. The maximum atomic E-state index is 10.2. The molecular formula is C20H17N3O5. The van der Waals surface area contributed by atoms with Crippen molar-refractivity contribution in [2.45, 2.75) is 13.0 Å². The Labute approximate surface area is 160 Å². The number of carboxylic acids is 2. The van der Waals surface area contributed by atoms with Crippen LogP contribution in [0.3, 0.4) is 0 Å². The predicted octanol–water partition coefficient (Wildman–Crippen LogP) is 2.45. The van der Waals surface area contributed by atoms with Crippen molar-refractivity contribution >= 4 is 23.0 Å². The first-order chi connectivity index (χ1) is 13.5. The van der Waals surface area contributed by atoms with Crippen molar-refractivity contribution in [3.63, 3.8) is 0 Å². The molecule has 0 aliphatic rings. The average molecular weight is 379 g/mol. The zero-order chi connectivity index (χ0) is 20.5. The number of nitrogens with two attached hydrogens (primary N) is 1. The summed E-state index contributed by atoms with van der Waals surface area (Å²) in [4.78, 5) is 24.3. The zero-order valence-electron chi connectivity index (χ0n) is 14.7. The highest BCUT2D eigenvalue weighted by atomic mass is 16.5. The first-order valence-electron chi connectivity index (χ1n) is 8.07. The van der Waals surface area contributed by atoms with Gasteiger partial charge in [-0.15, -0.1) is 12.3 Å². The molecule has 0 unspecified atom stereocenters. The predicted molar refractivity (Wildman–Crippen MR) is 102 cm³/mol. The molecule has 3 aromatic rings. The van der Waals surface area contributed by atoms with Crippen LogP contribution in [0.4, 0.5) is 0 Å². The lowest BCUT2D eigenvalue weighted by Crippen LogP contribution is -2.03. The molecule has 0 bridgehead atoms. The summed E-state index contributed by atoms with van der Waals surface area (Å²) in [6.45, 7) is 0.477. The Morgan fingerprint density at radius 1 is 1.21 bits per heavy atom. The number of hydrogen-bond acceptors (Lipinski definition) is 6. The van der Waals surface area contributed by atoms with Crippen LogP contribution in [0.1, 0.15) is 12.0 Å². The fourth-order valence-electron chi connectivity index (χ4n) is 2.35. The Balaban J connectivity index is 0.000000224. The van der Waals surface area contributed by atoms with E-state index in [1.807, 2.05) is 42.3 Å². The van der Waals surface area contributed by atoms with Crippen LogP contribution < -0.4 is 5.73 Å². The van der Waals surface area contributed by atoms with Crippen molar-refractivity contribution in [3.8, 4) is 23.6 Å². The summed E-state index contributed by atoms with van der Waals surface area (Å²) in [5.74, 6) is -0.566. The summed E-state index contributed by atoms with van der Waals surface area (Å²) >= 11 is 0. The monoisotopic (exact) mass is 379 g/mol. The van der Waals surface area contributed by atoms with Crippen molar-refractivity contribution in [3.05, 3.63) is 59.8 Å². The lowest BCUT2D eigenvalue weighted by Gasteiger charge is -2.03. The van der Waals surface area contributed by atoms with Crippen LogP contribution in [0.15, 0.2) is 58.8 Å². The fourth-order valence-corrected chi connectivity index (χ4v) is 2.35. The van der Waals surface area contributed by atoms with Crippen molar-refractivity contribution in [2.75, 3.05) is 0 Å². The minimum atomic E-state index is -1.31. The van der Waals surface area contributed by atoms with Gasteiger partial charge in [0, 0.05) is 30.8 Å². The molecule has 4 N–H and O–H groups in total. The van der Waals surface area contributed by atoms with Gasteiger partial charge in [-0.3, -0.25) is 0 Å². The molecule has 142 valence electrons. The third kappa shape index (κ3) is 5.03. The van der Waals surface area contributed by atoms with E-state index in [4.69, 9.17) is 26.9 Å². The number of terminal acetylenes is 1. The average Bonchev–Trinajstić information content (AvgIpc) is 3.11. The molecule has 0 atom stereocenters. The first-order valence-corrected chi connectivity index (χ1v) is 8.07. The third-order valence-corrected chi connectivity index (χ3v) is 3.61. The largest absolute Gasteiger partial charge is 0.478 e. The van der Waals surface area contributed by atoms with E-state index >= 15 is 0 Å². The second-order valence-electron chi connectivity index (χ2n) is 5.44. The summed E-state index contributed by atoms with van der Waals surface area (Å²) in [6, 6.07) is 11.7. The summed E-state index contributed by atoms with van der Waals surface area (Å²) in [7, 11) is 0. The van der Waals surface area contributed by atoms with E-state index in [2.05, 4.69) is 10.1 Å². The van der Waals surface area contributed by atoms with E-state index in [0.717, 1.165) is 22.2 Å². The summed E-state index contributed by atoms with van der Waals surface area (Å²) in [5.41, 5.74) is 8.83. The van der Waals surface area contributed by atoms with E-state index in [9.17, 15) is 9.59 Å². The number of aromatic nitrogens is 2. The minimum absolute atomic E-state index is 0.179. The molecule has 0 fully saturated rings. The van der Waals surface area contributed by atoms with Crippen LogP contribution in [0, 0.1) is 12.3 Å². The molecule has 1 aromatic carbocycles. The van der Waals surface area contributed by atoms with Gasteiger partial charge in [0.15, 0.2) is 0 Å². The smallest absolute Gasteiger partial charge is 0.332 e. The Kier molecular flexibility index (Phi) is 7.02. The zero-order valence-corrected chi connectivity index (χ0v) is 14.7. The minimum Gasteiger partial charge on any atom is -0.478 e. The van der Waals surface area contributed by atoms with Gasteiger partial charge in [0.05, 0.1) is 11.0 Å². The van der Waals surface area contributed by atoms with Gasteiger partial charge in [0.25, 0.3) is 5.71 Å². The number of fused-ring (bicyclic) bond motifs is 1. The highest BCUT2D eigenvalue weighted by Crippen LogP contribution is 2.28. The molecule has 0 radical (unpaired) electrons. The van der Waals surface area contributed by atoms with Gasteiger partial charge in [-0.1, -0.05) is 29.4 Å². The van der Waals surface area contributed by atoms with Gasteiger partial charge >= 0.3 is 11.9 Å². The quantitative estimate of drug-likeness (QED) is 0.454. The molecule has 0 saturated carbocycles. The van der Waals surface area contributed by atoms with Crippen molar-refractivity contribution in [1.82, 2.24) is 10.1 Å². The molecule has 3 rings (SSSR count). The SMILES string of the molecule is C#CC/C(=C/C(=O)O)C(=O)O.NCc1ccccc1-c1noc2ncccc12. The van der Waals surface area contributed by atoms with Crippen LogP contribution in [0.5, 0.6) is 0 Å². The molecule has 2 aromatic heterocycles. The van der Waals surface area contributed by atoms with Gasteiger partial charge in [0.2, 0.25) is 0 Å². The normalized spacial score (nSPS) is 10.6. The molecule has 0 amide bonds. The first kappa shape index (κ1) is 20.4. The molecule has 8 nitrogen and oxygen atoms in total. The van der Waals surface area contributed by atoms with Crippen LogP contribution in [0.2, 0.25) is 0 Å². The van der Waals surface area contributed by atoms with E-state index in [0.29, 0.717) is 18.3 Å². The summed E-state index contributed by atoms with van der Waals surface area (Å²) in [5, 5.41) is 21.5. The summed E-state index contributed by atoms with van der Waals surface area (Å²) < 4.78 is 5.20.